The van der Waals surface area contributed by atoms with E-state index in [2.05, 4.69) is 90.1 Å². The van der Waals surface area contributed by atoms with Crippen LogP contribution in [-0.2, 0) is 5.41 Å². The smallest absolute Gasteiger partial charge is 0.0215 e. The summed E-state index contributed by atoms with van der Waals surface area (Å²) in [7, 11) is 0. The second kappa shape index (κ2) is 11.2. The van der Waals surface area contributed by atoms with Gasteiger partial charge >= 0.3 is 0 Å². The molecule has 4 rings (SSSR count). The van der Waals surface area contributed by atoms with E-state index in [1.165, 1.54) is 109 Å². The van der Waals surface area contributed by atoms with Gasteiger partial charge < -0.3 is 0 Å². The van der Waals surface area contributed by atoms with Crippen molar-refractivity contribution in [1.29, 1.82) is 0 Å². The van der Waals surface area contributed by atoms with Crippen molar-refractivity contribution >= 4 is 0 Å². The van der Waals surface area contributed by atoms with Gasteiger partial charge in [0.25, 0.3) is 0 Å². The summed E-state index contributed by atoms with van der Waals surface area (Å²) in [5.74, 6) is 0. The Kier molecular flexibility index (Phi) is 8.20. The molecular weight excluding hydrogens is 420 g/mol. The van der Waals surface area contributed by atoms with E-state index in [-0.39, 0.29) is 5.41 Å². The molecule has 0 fully saturated rings. The Hall–Kier alpha value is -2.34. The van der Waals surface area contributed by atoms with Crippen molar-refractivity contribution < 1.29 is 0 Å². The Labute approximate surface area is 215 Å². The van der Waals surface area contributed by atoms with Crippen LogP contribution in [0.1, 0.15) is 111 Å². The van der Waals surface area contributed by atoms with E-state index in [4.69, 9.17) is 0 Å². The van der Waals surface area contributed by atoms with Gasteiger partial charge in [-0.2, -0.15) is 0 Å². The molecule has 0 amide bonds. The van der Waals surface area contributed by atoms with E-state index in [1.54, 1.807) is 11.1 Å². The van der Waals surface area contributed by atoms with Gasteiger partial charge in [-0.15, -0.1) is 0 Å². The zero-order valence-electron chi connectivity index (χ0n) is 23.2. The summed E-state index contributed by atoms with van der Waals surface area (Å²) in [6.07, 6.45) is 13.2. The Morgan fingerprint density at radius 2 is 1.09 bits per heavy atom. The zero-order valence-corrected chi connectivity index (χ0v) is 23.2. The standard InChI is InChI=1S/C35H46/c1-7-9-11-13-19-35(20-14-12-10-8-2)33-21-25(3)15-17-30(33)31-18-16-29(24-34(31)35)32-23-27(5)26(4)22-28(32)6/h15-18,21-24H,7-14,19-20H2,1-6H3. The number of unbranched alkanes of at least 4 members (excludes halogenated alkanes) is 6. The monoisotopic (exact) mass is 466 g/mol. The molecule has 0 N–H and O–H groups in total. The van der Waals surface area contributed by atoms with Crippen LogP contribution >= 0.6 is 0 Å². The molecule has 0 aliphatic heterocycles. The van der Waals surface area contributed by atoms with Crippen LogP contribution < -0.4 is 0 Å². The van der Waals surface area contributed by atoms with Crippen LogP contribution in [0.15, 0.2) is 48.5 Å². The topological polar surface area (TPSA) is 0 Å². The fourth-order valence-electron chi connectivity index (χ4n) is 6.42. The van der Waals surface area contributed by atoms with E-state index in [9.17, 15) is 0 Å². The Morgan fingerprint density at radius 3 is 1.71 bits per heavy atom. The molecule has 0 atom stereocenters. The first-order chi connectivity index (χ1) is 16.9. The molecular formula is C35H46. The highest BCUT2D eigenvalue weighted by Gasteiger charge is 2.42. The molecule has 0 spiro atoms. The normalized spacial score (nSPS) is 13.7. The van der Waals surface area contributed by atoms with Crippen LogP contribution in [-0.4, -0.2) is 0 Å². The van der Waals surface area contributed by atoms with Crippen LogP contribution in [0.2, 0.25) is 0 Å². The molecule has 0 heterocycles. The molecule has 3 aromatic rings. The minimum atomic E-state index is 0.155. The molecule has 0 nitrogen and oxygen atoms in total. The summed E-state index contributed by atoms with van der Waals surface area (Å²) in [6, 6.07) is 19.4. The fraction of sp³-hybridized carbons (Fsp3) is 0.486. The molecule has 0 aromatic heterocycles. The second-order valence-corrected chi connectivity index (χ2v) is 11.3. The third-order valence-corrected chi connectivity index (χ3v) is 8.58. The lowest BCUT2D eigenvalue weighted by molar-refractivity contribution is 0.401. The lowest BCUT2D eigenvalue weighted by atomic mass is 9.70. The van der Waals surface area contributed by atoms with Crippen molar-refractivity contribution in [2.45, 2.75) is 111 Å². The molecule has 35 heavy (non-hydrogen) atoms. The number of fused-ring (bicyclic) bond motifs is 3. The predicted molar refractivity (Wildman–Crippen MR) is 155 cm³/mol. The predicted octanol–water partition coefficient (Wildman–Crippen LogP) is 10.8. The first-order valence-corrected chi connectivity index (χ1v) is 14.3. The summed E-state index contributed by atoms with van der Waals surface area (Å²) < 4.78 is 0. The fourth-order valence-corrected chi connectivity index (χ4v) is 6.42. The second-order valence-electron chi connectivity index (χ2n) is 11.3. The maximum atomic E-state index is 2.58. The van der Waals surface area contributed by atoms with Crippen molar-refractivity contribution in [3.05, 3.63) is 81.9 Å². The number of rotatable bonds is 11. The van der Waals surface area contributed by atoms with Crippen LogP contribution in [0, 0.1) is 27.7 Å². The first kappa shape index (κ1) is 25.7. The van der Waals surface area contributed by atoms with Crippen LogP contribution in [0.3, 0.4) is 0 Å². The molecule has 0 saturated carbocycles. The van der Waals surface area contributed by atoms with Crippen molar-refractivity contribution in [2.75, 3.05) is 0 Å². The first-order valence-electron chi connectivity index (χ1n) is 14.3. The number of aryl methyl sites for hydroxylation is 4. The molecule has 0 bridgehead atoms. The molecule has 3 aromatic carbocycles. The molecule has 0 saturated heterocycles. The number of hydrogen-bond donors (Lipinski definition) is 0. The van der Waals surface area contributed by atoms with E-state index in [0.29, 0.717) is 0 Å². The minimum Gasteiger partial charge on any atom is -0.0654 e. The third-order valence-electron chi connectivity index (χ3n) is 8.58. The quantitative estimate of drug-likeness (QED) is 0.246. The number of benzene rings is 3. The van der Waals surface area contributed by atoms with E-state index in [0.717, 1.165) is 0 Å². The molecule has 1 aliphatic carbocycles. The summed E-state index contributed by atoms with van der Waals surface area (Å²) in [6.45, 7) is 13.7. The lowest BCUT2D eigenvalue weighted by Crippen LogP contribution is -2.25. The maximum absolute atomic E-state index is 2.58. The van der Waals surface area contributed by atoms with E-state index >= 15 is 0 Å². The molecule has 0 radical (unpaired) electrons. The average molecular weight is 467 g/mol. The van der Waals surface area contributed by atoms with Gasteiger partial charge in [0.2, 0.25) is 0 Å². The van der Waals surface area contributed by atoms with Crippen molar-refractivity contribution in [1.82, 2.24) is 0 Å². The summed E-state index contributed by atoms with van der Waals surface area (Å²) in [5.41, 5.74) is 14.7. The van der Waals surface area contributed by atoms with Crippen molar-refractivity contribution in [2.24, 2.45) is 0 Å². The van der Waals surface area contributed by atoms with Crippen LogP contribution in [0.25, 0.3) is 22.3 Å². The van der Waals surface area contributed by atoms with Crippen LogP contribution in [0.4, 0.5) is 0 Å². The van der Waals surface area contributed by atoms with Gasteiger partial charge in [-0.25, -0.2) is 0 Å². The maximum Gasteiger partial charge on any atom is 0.0215 e. The highest BCUT2D eigenvalue weighted by atomic mass is 14.4. The molecule has 0 unspecified atom stereocenters. The van der Waals surface area contributed by atoms with Gasteiger partial charge in [-0.05, 0) is 96.7 Å². The largest absolute Gasteiger partial charge is 0.0654 e. The number of hydrogen-bond acceptors (Lipinski definition) is 0. The van der Waals surface area contributed by atoms with Gasteiger partial charge in [0, 0.05) is 5.41 Å². The van der Waals surface area contributed by atoms with Crippen molar-refractivity contribution in [3.8, 4) is 22.3 Å². The highest BCUT2D eigenvalue weighted by Crippen LogP contribution is 2.55. The van der Waals surface area contributed by atoms with Crippen molar-refractivity contribution in [3.63, 3.8) is 0 Å². The van der Waals surface area contributed by atoms with Crippen LogP contribution in [0.5, 0.6) is 0 Å². The van der Waals surface area contributed by atoms with E-state index in [1.807, 2.05) is 0 Å². The Morgan fingerprint density at radius 1 is 0.514 bits per heavy atom. The van der Waals surface area contributed by atoms with E-state index < -0.39 is 0 Å². The van der Waals surface area contributed by atoms with Gasteiger partial charge in [-0.3, -0.25) is 0 Å². The lowest BCUT2D eigenvalue weighted by Gasteiger charge is -2.33. The molecule has 0 heteroatoms. The summed E-state index contributed by atoms with van der Waals surface area (Å²) >= 11 is 0. The van der Waals surface area contributed by atoms with Gasteiger partial charge in [0.05, 0.1) is 0 Å². The summed E-state index contributed by atoms with van der Waals surface area (Å²) in [5, 5.41) is 0. The highest BCUT2D eigenvalue weighted by molar-refractivity contribution is 5.84. The van der Waals surface area contributed by atoms with Gasteiger partial charge in [0.1, 0.15) is 0 Å². The Balaban J connectivity index is 1.85. The SMILES string of the molecule is CCCCCCC1(CCCCCC)c2cc(C)ccc2-c2ccc(-c3cc(C)c(C)cc3C)cc21. The molecule has 186 valence electrons. The zero-order chi connectivity index (χ0) is 25.0. The molecule has 1 aliphatic rings. The van der Waals surface area contributed by atoms with Gasteiger partial charge in [-0.1, -0.05) is 113 Å². The third kappa shape index (κ3) is 5.13. The summed E-state index contributed by atoms with van der Waals surface area (Å²) in [4.78, 5) is 0. The average Bonchev–Trinajstić information content (AvgIpc) is 3.10. The Bertz CT molecular complexity index is 1150. The van der Waals surface area contributed by atoms with Gasteiger partial charge in [0.15, 0.2) is 0 Å². The minimum absolute atomic E-state index is 0.155.